The topological polar surface area (TPSA) is 70.9 Å². The maximum atomic E-state index is 12.1. The van der Waals surface area contributed by atoms with Crippen LogP contribution in [0.1, 0.15) is 22.8 Å². The number of phenols is 1. The van der Waals surface area contributed by atoms with Gasteiger partial charge in [0.15, 0.2) is 0 Å². The Morgan fingerprint density at radius 2 is 1.96 bits per heavy atom. The number of carbonyl (C=O) groups is 1. The van der Waals surface area contributed by atoms with Gasteiger partial charge in [-0.25, -0.2) is 5.43 Å². The van der Waals surface area contributed by atoms with Crippen molar-refractivity contribution in [1.29, 1.82) is 0 Å². The average molecular weight is 310 g/mol. The second kappa shape index (κ2) is 7.79. The molecule has 0 aromatic heterocycles. The number of hydrogen-bond acceptors (Lipinski definition) is 4. The molecule has 0 atom stereocenters. The van der Waals surface area contributed by atoms with Crippen LogP contribution in [0.5, 0.6) is 11.5 Å². The highest BCUT2D eigenvalue weighted by Gasteiger charge is 2.07. The average Bonchev–Trinajstić information content (AvgIpc) is 2.58. The molecule has 2 N–H and O–H groups in total. The van der Waals surface area contributed by atoms with E-state index in [0.29, 0.717) is 29.2 Å². The SMILES string of the molecule is C=CCOc1ccc(C(=O)NN=C(C)c2ccccc2O)cc1. The smallest absolute Gasteiger partial charge is 0.271 e. The van der Waals surface area contributed by atoms with E-state index in [-0.39, 0.29) is 11.7 Å². The minimum Gasteiger partial charge on any atom is -0.507 e. The standard InChI is InChI=1S/C18H18N2O3/c1-3-12-23-15-10-8-14(9-11-15)18(22)20-19-13(2)16-6-4-5-7-17(16)21/h3-11,21H,1,12H2,2H3,(H,20,22). The predicted molar refractivity (Wildman–Crippen MR) is 89.9 cm³/mol. The minimum absolute atomic E-state index is 0.117. The molecule has 0 bridgehead atoms. The maximum Gasteiger partial charge on any atom is 0.271 e. The molecule has 2 aromatic carbocycles. The zero-order valence-corrected chi connectivity index (χ0v) is 12.8. The first-order valence-corrected chi connectivity index (χ1v) is 7.08. The normalized spacial score (nSPS) is 10.9. The Labute approximate surface area is 134 Å². The van der Waals surface area contributed by atoms with Crippen molar-refractivity contribution in [2.75, 3.05) is 6.61 Å². The van der Waals surface area contributed by atoms with Gasteiger partial charge >= 0.3 is 0 Å². The Balaban J connectivity index is 2.03. The summed E-state index contributed by atoms with van der Waals surface area (Å²) in [4.78, 5) is 12.1. The third-order valence-electron chi connectivity index (χ3n) is 3.10. The number of nitrogens with zero attached hydrogens (tertiary/aromatic N) is 1. The van der Waals surface area contributed by atoms with Gasteiger partial charge in [-0.3, -0.25) is 4.79 Å². The van der Waals surface area contributed by atoms with Crippen molar-refractivity contribution in [3.63, 3.8) is 0 Å². The third kappa shape index (κ3) is 4.44. The van der Waals surface area contributed by atoms with E-state index < -0.39 is 0 Å². The first-order chi connectivity index (χ1) is 11.1. The second-order valence-electron chi connectivity index (χ2n) is 4.78. The van der Waals surface area contributed by atoms with Gasteiger partial charge in [0.25, 0.3) is 5.91 Å². The fourth-order valence-corrected chi connectivity index (χ4v) is 1.90. The lowest BCUT2D eigenvalue weighted by Gasteiger charge is -2.06. The Bertz CT molecular complexity index is 721. The Morgan fingerprint density at radius 1 is 1.26 bits per heavy atom. The summed E-state index contributed by atoms with van der Waals surface area (Å²) < 4.78 is 5.35. The lowest BCUT2D eigenvalue weighted by molar-refractivity contribution is 0.0955. The van der Waals surface area contributed by atoms with Crippen LogP contribution in [0, 0.1) is 0 Å². The molecule has 23 heavy (non-hydrogen) atoms. The molecule has 0 aliphatic heterocycles. The highest BCUT2D eigenvalue weighted by molar-refractivity contribution is 6.02. The lowest BCUT2D eigenvalue weighted by atomic mass is 10.1. The van der Waals surface area contributed by atoms with E-state index >= 15 is 0 Å². The summed E-state index contributed by atoms with van der Waals surface area (Å²) in [6.45, 7) is 5.69. The van der Waals surface area contributed by atoms with Crippen molar-refractivity contribution in [2.24, 2.45) is 5.10 Å². The van der Waals surface area contributed by atoms with Crippen molar-refractivity contribution < 1.29 is 14.6 Å². The van der Waals surface area contributed by atoms with Gasteiger partial charge in [0, 0.05) is 11.1 Å². The summed E-state index contributed by atoms with van der Waals surface area (Å²) in [5, 5.41) is 13.8. The van der Waals surface area contributed by atoms with Gasteiger partial charge in [0.2, 0.25) is 0 Å². The number of aromatic hydroxyl groups is 1. The van der Waals surface area contributed by atoms with E-state index in [1.54, 1.807) is 61.5 Å². The molecule has 2 rings (SSSR count). The fourth-order valence-electron chi connectivity index (χ4n) is 1.90. The summed E-state index contributed by atoms with van der Waals surface area (Å²) in [6, 6.07) is 13.5. The van der Waals surface area contributed by atoms with E-state index in [0.717, 1.165) is 0 Å². The van der Waals surface area contributed by atoms with Gasteiger partial charge < -0.3 is 9.84 Å². The third-order valence-corrected chi connectivity index (χ3v) is 3.10. The molecule has 0 radical (unpaired) electrons. The van der Waals surface area contributed by atoms with Crippen LogP contribution in [0.25, 0.3) is 0 Å². The summed E-state index contributed by atoms with van der Waals surface area (Å²) in [5.74, 6) is 0.442. The molecule has 0 spiro atoms. The summed E-state index contributed by atoms with van der Waals surface area (Å²) in [6.07, 6.45) is 1.65. The largest absolute Gasteiger partial charge is 0.507 e. The number of hydrazone groups is 1. The molecule has 5 heteroatoms. The Hall–Kier alpha value is -3.08. The number of carbonyl (C=O) groups excluding carboxylic acids is 1. The van der Waals surface area contributed by atoms with Crippen molar-refractivity contribution >= 4 is 11.6 Å². The minimum atomic E-state index is -0.338. The number of amides is 1. The second-order valence-corrected chi connectivity index (χ2v) is 4.78. The molecular formula is C18H18N2O3. The molecule has 2 aromatic rings. The van der Waals surface area contributed by atoms with E-state index in [1.807, 2.05) is 0 Å². The van der Waals surface area contributed by atoms with Crippen LogP contribution in [0.3, 0.4) is 0 Å². The van der Waals surface area contributed by atoms with Crippen molar-refractivity contribution in [1.82, 2.24) is 5.43 Å². The van der Waals surface area contributed by atoms with Crippen molar-refractivity contribution in [2.45, 2.75) is 6.92 Å². The fraction of sp³-hybridized carbons (Fsp3) is 0.111. The van der Waals surface area contributed by atoms with Crippen LogP contribution in [-0.2, 0) is 0 Å². The van der Waals surface area contributed by atoms with Gasteiger partial charge in [0.05, 0.1) is 5.71 Å². The highest BCUT2D eigenvalue weighted by atomic mass is 16.5. The van der Waals surface area contributed by atoms with Gasteiger partial charge in [-0.05, 0) is 43.3 Å². The Kier molecular flexibility index (Phi) is 5.52. The first-order valence-electron chi connectivity index (χ1n) is 7.08. The molecule has 1 amide bonds. The van der Waals surface area contributed by atoms with E-state index in [2.05, 4.69) is 17.1 Å². The number of benzene rings is 2. The number of ether oxygens (including phenoxy) is 1. The number of hydrogen-bond donors (Lipinski definition) is 2. The van der Waals surface area contributed by atoms with E-state index in [4.69, 9.17) is 4.74 Å². The number of para-hydroxylation sites is 1. The Morgan fingerprint density at radius 3 is 2.61 bits per heavy atom. The van der Waals surface area contributed by atoms with E-state index in [9.17, 15) is 9.90 Å². The van der Waals surface area contributed by atoms with Crippen LogP contribution in [-0.4, -0.2) is 23.3 Å². The van der Waals surface area contributed by atoms with E-state index in [1.165, 1.54) is 0 Å². The van der Waals surface area contributed by atoms with Crippen LogP contribution < -0.4 is 10.2 Å². The van der Waals surface area contributed by atoms with Crippen LogP contribution in [0.4, 0.5) is 0 Å². The first kappa shape index (κ1) is 16.3. The molecule has 0 saturated heterocycles. The molecule has 0 fully saturated rings. The highest BCUT2D eigenvalue weighted by Crippen LogP contribution is 2.16. The van der Waals surface area contributed by atoms with Crippen molar-refractivity contribution in [3.05, 3.63) is 72.3 Å². The van der Waals surface area contributed by atoms with Crippen LogP contribution in [0.2, 0.25) is 0 Å². The molecule has 0 unspecified atom stereocenters. The van der Waals surface area contributed by atoms with Crippen molar-refractivity contribution in [3.8, 4) is 11.5 Å². The van der Waals surface area contributed by atoms with Crippen LogP contribution in [0.15, 0.2) is 66.3 Å². The number of rotatable bonds is 6. The van der Waals surface area contributed by atoms with Gasteiger partial charge in [-0.2, -0.15) is 5.10 Å². The zero-order chi connectivity index (χ0) is 16.7. The monoisotopic (exact) mass is 310 g/mol. The summed E-state index contributed by atoms with van der Waals surface area (Å²) >= 11 is 0. The van der Waals surface area contributed by atoms with Crippen LogP contribution >= 0.6 is 0 Å². The molecule has 0 heterocycles. The summed E-state index contributed by atoms with van der Waals surface area (Å²) in [7, 11) is 0. The molecule has 0 aliphatic carbocycles. The molecule has 118 valence electrons. The molecule has 0 saturated carbocycles. The van der Waals surface area contributed by atoms with Gasteiger partial charge in [-0.15, -0.1) is 0 Å². The number of phenolic OH excluding ortho intramolecular Hbond substituents is 1. The maximum absolute atomic E-state index is 12.1. The molecule has 5 nitrogen and oxygen atoms in total. The quantitative estimate of drug-likeness (QED) is 0.489. The van der Waals surface area contributed by atoms with Gasteiger partial charge in [0.1, 0.15) is 18.1 Å². The zero-order valence-electron chi connectivity index (χ0n) is 12.8. The molecule has 0 aliphatic rings. The lowest BCUT2D eigenvalue weighted by Crippen LogP contribution is -2.19. The predicted octanol–water partition coefficient (Wildman–Crippen LogP) is 3.11. The summed E-state index contributed by atoms with van der Waals surface area (Å²) in [5.41, 5.74) is 4.02. The van der Waals surface area contributed by atoms with Gasteiger partial charge in [-0.1, -0.05) is 24.8 Å². The molecular weight excluding hydrogens is 292 g/mol. The number of nitrogens with one attached hydrogen (secondary N) is 1.